The van der Waals surface area contributed by atoms with Crippen LogP contribution in [0.1, 0.15) is 11.3 Å². The van der Waals surface area contributed by atoms with Crippen LogP contribution in [0.3, 0.4) is 0 Å². The maximum absolute atomic E-state index is 6.19. The number of hydrogen-bond donors (Lipinski definition) is 1. The van der Waals surface area contributed by atoms with Gasteiger partial charge in [-0.15, -0.1) is 10.2 Å². The standard InChI is InChI=1S/C14H13ClN4S/c1-7-6-10(13-18-19-14(16-3)20-13)9-4-5-11(15)8(2)12(9)17-7/h4-6H,1-3H3,(H,16,19). The molecule has 0 fully saturated rings. The van der Waals surface area contributed by atoms with E-state index in [1.807, 2.05) is 39.1 Å². The van der Waals surface area contributed by atoms with Crippen molar-refractivity contribution in [3.8, 4) is 10.6 Å². The third kappa shape index (κ3) is 2.13. The molecule has 0 unspecified atom stereocenters. The second-order valence-electron chi connectivity index (χ2n) is 4.54. The molecule has 0 aliphatic carbocycles. The molecular weight excluding hydrogens is 292 g/mol. The second kappa shape index (κ2) is 5.00. The third-order valence-corrected chi connectivity index (χ3v) is 4.55. The number of hydrogen-bond acceptors (Lipinski definition) is 5. The van der Waals surface area contributed by atoms with E-state index < -0.39 is 0 Å². The molecule has 0 aliphatic heterocycles. The van der Waals surface area contributed by atoms with Gasteiger partial charge in [0.15, 0.2) is 0 Å². The Balaban J connectivity index is 2.32. The topological polar surface area (TPSA) is 50.7 Å². The summed E-state index contributed by atoms with van der Waals surface area (Å²) in [6.45, 7) is 3.96. The molecule has 0 bridgehead atoms. The van der Waals surface area contributed by atoms with Crippen LogP contribution >= 0.6 is 22.9 Å². The number of aromatic nitrogens is 3. The SMILES string of the molecule is CNc1nnc(-c2cc(C)nc3c(C)c(Cl)ccc23)s1. The summed E-state index contributed by atoms with van der Waals surface area (Å²) in [7, 11) is 1.84. The van der Waals surface area contributed by atoms with Crippen LogP contribution in [0.25, 0.3) is 21.5 Å². The lowest BCUT2D eigenvalue weighted by Crippen LogP contribution is -1.91. The predicted octanol–water partition coefficient (Wildman–Crippen LogP) is 4.07. The fourth-order valence-electron chi connectivity index (χ4n) is 2.14. The van der Waals surface area contributed by atoms with Crippen molar-refractivity contribution in [2.24, 2.45) is 0 Å². The molecule has 0 saturated carbocycles. The zero-order valence-electron chi connectivity index (χ0n) is 11.4. The van der Waals surface area contributed by atoms with E-state index in [0.717, 1.165) is 42.9 Å². The maximum atomic E-state index is 6.19. The van der Waals surface area contributed by atoms with Crippen LogP contribution in [-0.4, -0.2) is 22.2 Å². The zero-order chi connectivity index (χ0) is 14.3. The molecule has 4 nitrogen and oxygen atoms in total. The number of fused-ring (bicyclic) bond motifs is 1. The van der Waals surface area contributed by atoms with Crippen molar-refractivity contribution in [2.75, 3.05) is 12.4 Å². The number of halogens is 1. The van der Waals surface area contributed by atoms with Gasteiger partial charge in [0, 0.05) is 28.7 Å². The van der Waals surface area contributed by atoms with E-state index in [1.54, 1.807) is 0 Å². The molecule has 1 N–H and O–H groups in total. The van der Waals surface area contributed by atoms with E-state index in [1.165, 1.54) is 11.3 Å². The first-order chi connectivity index (χ1) is 9.60. The summed E-state index contributed by atoms with van der Waals surface area (Å²) in [6, 6.07) is 5.93. The molecule has 3 rings (SSSR count). The lowest BCUT2D eigenvalue weighted by Gasteiger charge is -2.08. The van der Waals surface area contributed by atoms with Crippen molar-refractivity contribution in [3.63, 3.8) is 0 Å². The molecule has 6 heteroatoms. The van der Waals surface area contributed by atoms with E-state index in [4.69, 9.17) is 11.6 Å². The van der Waals surface area contributed by atoms with Crippen molar-refractivity contribution in [1.82, 2.24) is 15.2 Å². The van der Waals surface area contributed by atoms with Crippen LogP contribution in [-0.2, 0) is 0 Å². The monoisotopic (exact) mass is 304 g/mol. The van der Waals surface area contributed by atoms with Gasteiger partial charge in [-0.05, 0) is 31.5 Å². The molecule has 2 aromatic heterocycles. The van der Waals surface area contributed by atoms with Gasteiger partial charge in [0.2, 0.25) is 5.13 Å². The smallest absolute Gasteiger partial charge is 0.205 e. The van der Waals surface area contributed by atoms with Crippen LogP contribution < -0.4 is 5.32 Å². The summed E-state index contributed by atoms with van der Waals surface area (Å²) in [5.41, 5.74) is 3.91. The zero-order valence-corrected chi connectivity index (χ0v) is 12.9. The molecule has 0 amide bonds. The molecule has 0 saturated heterocycles. The average molecular weight is 305 g/mol. The lowest BCUT2D eigenvalue weighted by molar-refractivity contribution is 1.09. The molecule has 0 spiro atoms. The van der Waals surface area contributed by atoms with Gasteiger partial charge in [-0.25, -0.2) is 0 Å². The number of nitrogens with one attached hydrogen (secondary N) is 1. The number of aryl methyl sites for hydroxylation is 2. The van der Waals surface area contributed by atoms with Crippen molar-refractivity contribution in [1.29, 1.82) is 0 Å². The van der Waals surface area contributed by atoms with E-state index in [0.29, 0.717) is 0 Å². The Morgan fingerprint density at radius 1 is 1.20 bits per heavy atom. The fraction of sp³-hybridized carbons (Fsp3) is 0.214. The van der Waals surface area contributed by atoms with Gasteiger partial charge >= 0.3 is 0 Å². The summed E-state index contributed by atoms with van der Waals surface area (Å²) in [5.74, 6) is 0. The highest BCUT2D eigenvalue weighted by Gasteiger charge is 2.13. The van der Waals surface area contributed by atoms with Gasteiger partial charge in [0.05, 0.1) is 5.52 Å². The highest BCUT2D eigenvalue weighted by molar-refractivity contribution is 7.18. The molecule has 20 heavy (non-hydrogen) atoms. The minimum atomic E-state index is 0.731. The van der Waals surface area contributed by atoms with Gasteiger partial charge in [0.1, 0.15) is 5.01 Å². The summed E-state index contributed by atoms with van der Waals surface area (Å²) < 4.78 is 0. The summed E-state index contributed by atoms with van der Waals surface area (Å²) >= 11 is 7.72. The van der Waals surface area contributed by atoms with E-state index >= 15 is 0 Å². The van der Waals surface area contributed by atoms with Crippen molar-refractivity contribution >= 4 is 39.0 Å². The molecule has 2 heterocycles. The van der Waals surface area contributed by atoms with Crippen LogP contribution in [0, 0.1) is 13.8 Å². The predicted molar refractivity (Wildman–Crippen MR) is 84.7 cm³/mol. The highest BCUT2D eigenvalue weighted by Crippen LogP contribution is 2.34. The van der Waals surface area contributed by atoms with E-state index in [-0.39, 0.29) is 0 Å². The van der Waals surface area contributed by atoms with Gasteiger partial charge in [-0.3, -0.25) is 4.98 Å². The van der Waals surface area contributed by atoms with Gasteiger partial charge in [0.25, 0.3) is 0 Å². The van der Waals surface area contributed by atoms with Gasteiger partial charge < -0.3 is 5.32 Å². The molecule has 1 aromatic carbocycles. The lowest BCUT2D eigenvalue weighted by atomic mass is 10.0. The summed E-state index contributed by atoms with van der Waals surface area (Å²) in [4.78, 5) is 4.61. The fourth-order valence-corrected chi connectivity index (χ4v) is 3.02. The number of nitrogens with zero attached hydrogens (tertiary/aromatic N) is 3. The molecule has 3 aromatic rings. The Kier molecular flexibility index (Phi) is 3.31. The minimum Gasteiger partial charge on any atom is -0.363 e. The Morgan fingerprint density at radius 2 is 2.00 bits per heavy atom. The maximum Gasteiger partial charge on any atom is 0.205 e. The average Bonchev–Trinajstić information content (AvgIpc) is 2.91. The number of pyridine rings is 1. The van der Waals surface area contributed by atoms with Crippen LogP contribution in [0.2, 0.25) is 5.02 Å². The summed E-state index contributed by atoms with van der Waals surface area (Å²) in [5, 5.41) is 14.8. The first-order valence-electron chi connectivity index (χ1n) is 6.18. The minimum absolute atomic E-state index is 0.731. The Hall–Kier alpha value is -1.72. The van der Waals surface area contributed by atoms with Crippen LogP contribution in [0.4, 0.5) is 5.13 Å². The summed E-state index contributed by atoms with van der Waals surface area (Å²) in [6.07, 6.45) is 0. The number of rotatable bonds is 2. The molecule has 102 valence electrons. The third-order valence-electron chi connectivity index (χ3n) is 3.17. The van der Waals surface area contributed by atoms with Crippen LogP contribution in [0.15, 0.2) is 18.2 Å². The first-order valence-corrected chi connectivity index (χ1v) is 7.37. The Bertz CT molecular complexity index is 797. The molecule has 0 radical (unpaired) electrons. The largest absolute Gasteiger partial charge is 0.363 e. The Morgan fingerprint density at radius 3 is 2.70 bits per heavy atom. The molecule has 0 atom stereocenters. The van der Waals surface area contributed by atoms with Crippen LogP contribution in [0.5, 0.6) is 0 Å². The molecule has 0 aliphatic rings. The Labute approximate surface area is 125 Å². The first kappa shape index (κ1) is 13.3. The van der Waals surface area contributed by atoms with Gasteiger partial charge in [-0.1, -0.05) is 29.0 Å². The van der Waals surface area contributed by atoms with Crippen molar-refractivity contribution in [3.05, 3.63) is 34.5 Å². The molecular formula is C14H13ClN4S. The van der Waals surface area contributed by atoms with Gasteiger partial charge in [-0.2, -0.15) is 0 Å². The second-order valence-corrected chi connectivity index (χ2v) is 5.93. The van der Waals surface area contributed by atoms with E-state index in [9.17, 15) is 0 Å². The van der Waals surface area contributed by atoms with E-state index in [2.05, 4.69) is 20.5 Å². The van der Waals surface area contributed by atoms with Crippen molar-refractivity contribution < 1.29 is 0 Å². The number of anilines is 1. The number of benzene rings is 1. The highest BCUT2D eigenvalue weighted by atomic mass is 35.5. The normalized spacial score (nSPS) is 11.0. The van der Waals surface area contributed by atoms with Crippen molar-refractivity contribution in [2.45, 2.75) is 13.8 Å². The quantitative estimate of drug-likeness (QED) is 0.775.